The molecule has 3 nitrogen and oxygen atoms in total. The van der Waals surface area contributed by atoms with Gasteiger partial charge in [-0.2, -0.15) is 5.26 Å². The molecule has 1 rings (SSSR count). The Balaban J connectivity index is 2.20. The standard InChI is InChI=1S/C10H11N3S2/c11-4-1-5-15-10(14)3-2-9-6-12-8-13-7-9/h6-8H,1-3,5H2. The van der Waals surface area contributed by atoms with Crippen molar-refractivity contribution in [3.63, 3.8) is 0 Å². The number of rotatable bonds is 5. The van der Waals surface area contributed by atoms with E-state index in [-0.39, 0.29) is 0 Å². The molecule has 0 spiro atoms. The van der Waals surface area contributed by atoms with E-state index in [0.29, 0.717) is 6.42 Å². The van der Waals surface area contributed by atoms with Gasteiger partial charge in [0, 0.05) is 28.8 Å². The summed E-state index contributed by atoms with van der Waals surface area (Å²) >= 11 is 6.77. The zero-order chi connectivity index (χ0) is 10.9. The lowest BCUT2D eigenvalue weighted by atomic mass is 10.2. The predicted molar refractivity (Wildman–Crippen MR) is 65.6 cm³/mol. The maximum atomic E-state index is 8.36. The van der Waals surface area contributed by atoms with Crippen LogP contribution in [0.3, 0.4) is 0 Å². The summed E-state index contributed by atoms with van der Waals surface area (Å²) in [6.45, 7) is 0. The lowest BCUT2D eigenvalue weighted by Gasteiger charge is -2.01. The van der Waals surface area contributed by atoms with E-state index >= 15 is 0 Å². The van der Waals surface area contributed by atoms with Crippen molar-refractivity contribution in [2.24, 2.45) is 0 Å². The van der Waals surface area contributed by atoms with E-state index < -0.39 is 0 Å². The van der Waals surface area contributed by atoms with Gasteiger partial charge in [0.15, 0.2) is 0 Å². The van der Waals surface area contributed by atoms with Crippen LogP contribution in [0, 0.1) is 11.3 Å². The Morgan fingerprint density at radius 3 is 2.87 bits per heavy atom. The van der Waals surface area contributed by atoms with Gasteiger partial charge in [0.25, 0.3) is 0 Å². The molecule has 0 bridgehead atoms. The SMILES string of the molecule is N#CCCSC(=S)CCc1cncnc1. The Morgan fingerprint density at radius 2 is 2.20 bits per heavy atom. The number of thioether (sulfide) groups is 1. The van der Waals surface area contributed by atoms with E-state index in [9.17, 15) is 0 Å². The third-order valence-electron chi connectivity index (χ3n) is 1.71. The van der Waals surface area contributed by atoms with Gasteiger partial charge in [0.1, 0.15) is 6.33 Å². The van der Waals surface area contributed by atoms with Gasteiger partial charge in [-0.3, -0.25) is 0 Å². The number of thiocarbonyl (C=S) groups is 1. The average Bonchev–Trinajstić information content (AvgIpc) is 2.28. The zero-order valence-corrected chi connectivity index (χ0v) is 9.85. The largest absolute Gasteiger partial charge is 0.245 e. The molecule has 0 radical (unpaired) electrons. The maximum absolute atomic E-state index is 8.36. The van der Waals surface area contributed by atoms with Crippen LogP contribution in [0.25, 0.3) is 0 Å². The molecule has 0 saturated carbocycles. The summed E-state index contributed by atoms with van der Waals surface area (Å²) in [6.07, 6.45) is 7.39. The fourth-order valence-electron chi connectivity index (χ4n) is 0.988. The molecule has 1 aromatic heterocycles. The van der Waals surface area contributed by atoms with Crippen molar-refractivity contribution < 1.29 is 0 Å². The monoisotopic (exact) mass is 237 g/mol. The van der Waals surface area contributed by atoms with Crippen molar-refractivity contribution in [1.82, 2.24) is 9.97 Å². The summed E-state index contributed by atoms with van der Waals surface area (Å²) in [5.41, 5.74) is 1.10. The smallest absolute Gasteiger partial charge is 0.115 e. The van der Waals surface area contributed by atoms with E-state index in [1.54, 1.807) is 24.2 Å². The summed E-state index contributed by atoms with van der Waals surface area (Å²) in [4.78, 5) is 7.87. The maximum Gasteiger partial charge on any atom is 0.115 e. The van der Waals surface area contributed by atoms with Gasteiger partial charge in [-0.25, -0.2) is 9.97 Å². The number of aryl methyl sites for hydroxylation is 1. The van der Waals surface area contributed by atoms with Gasteiger partial charge in [0.2, 0.25) is 0 Å². The van der Waals surface area contributed by atoms with Gasteiger partial charge in [-0.05, 0) is 18.4 Å². The van der Waals surface area contributed by atoms with Gasteiger partial charge < -0.3 is 0 Å². The minimum Gasteiger partial charge on any atom is -0.245 e. The molecular formula is C10H11N3S2. The van der Waals surface area contributed by atoms with E-state index in [1.165, 1.54) is 6.33 Å². The molecule has 0 N–H and O–H groups in total. The second-order valence-electron chi connectivity index (χ2n) is 2.88. The molecule has 0 unspecified atom stereocenters. The third kappa shape index (κ3) is 5.45. The summed E-state index contributed by atoms with van der Waals surface area (Å²) in [6, 6.07) is 2.10. The van der Waals surface area contributed by atoms with Gasteiger partial charge in [-0.1, -0.05) is 12.2 Å². The van der Waals surface area contributed by atoms with Gasteiger partial charge >= 0.3 is 0 Å². The molecule has 0 aromatic carbocycles. The van der Waals surface area contributed by atoms with Crippen LogP contribution >= 0.6 is 24.0 Å². The number of hydrogen-bond donors (Lipinski definition) is 0. The molecule has 0 fully saturated rings. The fraction of sp³-hybridized carbons (Fsp3) is 0.400. The highest BCUT2D eigenvalue weighted by Gasteiger charge is 1.99. The van der Waals surface area contributed by atoms with Crippen LogP contribution in [-0.2, 0) is 6.42 Å². The second kappa shape index (κ2) is 7.32. The molecule has 0 aliphatic rings. The first-order valence-corrected chi connectivity index (χ1v) is 5.99. The van der Waals surface area contributed by atoms with E-state index in [2.05, 4.69) is 16.0 Å². The summed E-state index contributed by atoms with van der Waals surface area (Å²) in [7, 11) is 0. The Hall–Kier alpha value is -0.990. The van der Waals surface area contributed by atoms with E-state index in [4.69, 9.17) is 17.5 Å². The van der Waals surface area contributed by atoms with Crippen molar-refractivity contribution in [3.05, 3.63) is 24.3 Å². The normalized spacial score (nSPS) is 9.53. The Labute approximate surface area is 98.9 Å². The van der Waals surface area contributed by atoms with Crippen molar-refractivity contribution in [3.8, 4) is 6.07 Å². The van der Waals surface area contributed by atoms with Crippen LogP contribution in [0.2, 0.25) is 0 Å². The number of hydrogen-bond acceptors (Lipinski definition) is 5. The lowest BCUT2D eigenvalue weighted by molar-refractivity contribution is 1.00. The second-order valence-corrected chi connectivity index (χ2v) is 4.82. The molecule has 5 heteroatoms. The Bertz CT molecular complexity index is 345. The molecular weight excluding hydrogens is 226 g/mol. The Morgan fingerprint density at radius 1 is 1.47 bits per heavy atom. The molecule has 0 aliphatic carbocycles. The van der Waals surface area contributed by atoms with E-state index in [0.717, 1.165) is 28.4 Å². The van der Waals surface area contributed by atoms with Crippen LogP contribution in [0.5, 0.6) is 0 Å². The topological polar surface area (TPSA) is 49.6 Å². The number of nitriles is 1. The van der Waals surface area contributed by atoms with Crippen molar-refractivity contribution in [1.29, 1.82) is 5.26 Å². The summed E-state index contributed by atoms with van der Waals surface area (Å²) < 4.78 is 0.953. The molecule has 0 atom stereocenters. The molecule has 0 aliphatic heterocycles. The Kier molecular flexibility index (Phi) is 5.90. The zero-order valence-electron chi connectivity index (χ0n) is 8.22. The lowest BCUT2D eigenvalue weighted by Crippen LogP contribution is -1.95. The quantitative estimate of drug-likeness (QED) is 0.581. The van der Waals surface area contributed by atoms with Crippen LogP contribution in [0.4, 0.5) is 0 Å². The minimum atomic E-state index is 0.555. The molecule has 0 amide bonds. The minimum absolute atomic E-state index is 0.555. The molecule has 78 valence electrons. The number of nitrogens with zero attached hydrogens (tertiary/aromatic N) is 3. The highest BCUT2D eigenvalue weighted by molar-refractivity contribution is 8.23. The van der Waals surface area contributed by atoms with Gasteiger partial charge in [-0.15, -0.1) is 11.8 Å². The van der Waals surface area contributed by atoms with E-state index in [1.807, 2.05) is 0 Å². The summed E-state index contributed by atoms with van der Waals surface area (Å²) in [5.74, 6) is 0.792. The fourth-order valence-corrected chi connectivity index (χ4v) is 2.01. The van der Waals surface area contributed by atoms with Crippen LogP contribution in [-0.4, -0.2) is 19.9 Å². The van der Waals surface area contributed by atoms with Crippen LogP contribution in [0.1, 0.15) is 18.4 Å². The van der Waals surface area contributed by atoms with Gasteiger partial charge in [0.05, 0.1) is 6.07 Å². The molecule has 1 aromatic rings. The highest BCUT2D eigenvalue weighted by atomic mass is 32.2. The van der Waals surface area contributed by atoms with Crippen molar-refractivity contribution in [2.45, 2.75) is 19.3 Å². The third-order valence-corrected chi connectivity index (χ3v) is 3.20. The van der Waals surface area contributed by atoms with Crippen LogP contribution < -0.4 is 0 Å². The first kappa shape index (κ1) is 12.1. The molecule has 0 saturated heterocycles. The predicted octanol–water partition coefficient (Wildman–Crippen LogP) is 2.38. The molecule has 15 heavy (non-hydrogen) atoms. The first-order chi connectivity index (χ1) is 7.33. The highest BCUT2D eigenvalue weighted by Crippen LogP contribution is 2.11. The van der Waals surface area contributed by atoms with Crippen molar-refractivity contribution >= 4 is 28.2 Å². The average molecular weight is 237 g/mol. The van der Waals surface area contributed by atoms with Crippen LogP contribution in [0.15, 0.2) is 18.7 Å². The number of aromatic nitrogens is 2. The first-order valence-electron chi connectivity index (χ1n) is 4.59. The van der Waals surface area contributed by atoms with Crippen molar-refractivity contribution in [2.75, 3.05) is 5.75 Å². The summed E-state index contributed by atoms with van der Waals surface area (Å²) in [5, 5.41) is 8.36. The molecule has 1 heterocycles.